The van der Waals surface area contributed by atoms with E-state index in [0.29, 0.717) is 22.6 Å². The van der Waals surface area contributed by atoms with Crippen molar-refractivity contribution in [3.05, 3.63) is 139 Å². The van der Waals surface area contributed by atoms with Crippen molar-refractivity contribution in [1.29, 1.82) is 10.5 Å². The SMILES string of the molecule is N#Cc1cccc(C#N)c1-c1cccc2c1c1ccccc1n2-c1nc(-c2ccccc2)cc(-c2ccccc2)n1. The van der Waals surface area contributed by atoms with Crippen LogP contribution in [0.2, 0.25) is 0 Å². The lowest BCUT2D eigenvalue weighted by molar-refractivity contribution is 0.995. The minimum atomic E-state index is 0.460. The van der Waals surface area contributed by atoms with Crippen molar-refractivity contribution in [3.8, 4) is 51.7 Å². The van der Waals surface area contributed by atoms with Gasteiger partial charge in [0.05, 0.1) is 45.7 Å². The number of nitriles is 2. The Morgan fingerprint density at radius 2 is 1.07 bits per heavy atom. The van der Waals surface area contributed by atoms with Crippen LogP contribution in [0.25, 0.3) is 61.4 Å². The minimum absolute atomic E-state index is 0.460. The number of hydrogen-bond donors (Lipinski definition) is 0. The average Bonchev–Trinajstić information content (AvgIpc) is 3.39. The zero-order valence-electron chi connectivity index (χ0n) is 21.9. The molecule has 0 aliphatic carbocycles. The van der Waals surface area contributed by atoms with E-state index >= 15 is 0 Å². The summed E-state index contributed by atoms with van der Waals surface area (Å²) in [6.45, 7) is 0. The molecule has 0 unspecified atom stereocenters. The Kier molecular flexibility index (Phi) is 5.82. The lowest BCUT2D eigenvalue weighted by Gasteiger charge is -2.12. The summed E-state index contributed by atoms with van der Waals surface area (Å²) in [5, 5.41) is 21.9. The monoisotopic (exact) mass is 523 g/mol. The molecule has 5 nitrogen and oxygen atoms in total. The van der Waals surface area contributed by atoms with Crippen LogP contribution in [0.15, 0.2) is 127 Å². The molecule has 41 heavy (non-hydrogen) atoms. The fraction of sp³-hybridized carbons (Fsp3) is 0. The predicted octanol–water partition coefficient (Wildman–Crippen LogP) is 8.32. The van der Waals surface area contributed by atoms with E-state index in [-0.39, 0.29) is 0 Å². The fourth-order valence-electron chi connectivity index (χ4n) is 5.52. The van der Waals surface area contributed by atoms with Crippen LogP contribution in [0, 0.1) is 22.7 Å². The minimum Gasteiger partial charge on any atom is -0.278 e. The molecule has 0 amide bonds. The van der Waals surface area contributed by atoms with Crippen LogP contribution in [-0.2, 0) is 0 Å². The third-order valence-electron chi connectivity index (χ3n) is 7.33. The summed E-state index contributed by atoms with van der Waals surface area (Å²) in [6, 6.07) is 46.2. The second kappa shape index (κ2) is 9.93. The third kappa shape index (κ3) is 4.01. The van der Waals surface area contributed by atoms with Crippen LogP contribution >= 0.6 is 0 Å². The molecule has 5 aromatic carbocycles. The van der Waals surface area contributed by atoms with Crippen LogP contribution in [0.3, 0.4) is 0 Å². The summed E-state index contributed by atoms with van der Waals surface area (Å²) in [5.41, 5.74) is 7.84. The van der Waals surface area contributed by atoms with Gasteiger partial charge < -0.3 is 0 Å². The Hall–Kier alpha value is -6.04. The molecule has 7 rings (SSSR count). The van der Waals surface area contributed by atoms with Gasteiger partial charge in [0.2, 0.25) is 5.95 Å². The Balaban J connectivity index is 1.59. The first-order chi connectivity index (χ1) is 20.3. The summed E-state index contributed by atoms with van der Waals surface area (Å²) >= 11 is 0. The van der Waals surface area contributed by atoms with Gasteiger partial charge in [-0.25, -0.2) is 9.97 Å². The summed E-state index contributed by atoms with van der Waals surface area (Å²) < 4.78 is 2.08. The lowest BCUT2D eigenvalue weighted by Crippen LogP contribution is -2.04. The maximum atomic E-state index is 9.96. The first kappa shape index (κ1) is 24.0. The van der Waals surface area contributed by atoms with Crippen LogP contribution in [0.1, 0.15) is 11.1 Å². The van der Waals surface area contributed by atoms with Crippen LogP contribution in [0.4, 0.5) is 0 Å². The zero-order valence-corrected chi connectivity index (χ0v) is 21.9. The number of hydrogen-bond acceptors (Lipinski definition) is 4. The summed E-state index contributed by atoms with van der Waals surface area (Å²) in [7, 11) is 0. The molecule has 0 saturated carbocycles. The first-order valence-corrected chi connectivity index (χ1v) is 13.2. The van der Waals surface area contributed by atoms with Gasteiger partial charge in [-0.2, -0.15) is 10.5 Å². The summed E-state index contributed by atoms with van der Waals surface area (Å²) in [6.07, 6.45) is 0. The number of fused-ring (bicyclic) bond motifs is 3. The van der Waals surface area contributed by atoms with Gasteiger partial charge in [0, 0.05) is 27.5 Å². The fourth-order valence-corrected chi connectivity index (χ4v) is 5.52. The number of para-hydroxylation sites is 1. The van der Waals surface area contributed by atoms with Crippen molar-refractivity contribution in [2.75, 3.05) is 0 Å². The van der Waals surface area contributed by atoms with E-state index in [2.05, 4.69) is 28.8 Å². The quantitative estimate of drug-likeness (QED) is 0.232. The van der Waals surface area contributed by atoms with Crippen LogP contribution < -0.4 is 0 Å². The van der Waals surface area contributed by atoms with Gasteiger partial charge in [-0.05, 0) is 35.9 Å². The Bertz CT molecular complexity index is 2070. The van der Waals surface area contributed by atoms with E-state index in [1.165, 1.54) is 0 Å². The van der Waals surface area contributed by atoms with Gasteiger partial charge in [-0.1, -0.05) is 97.1 Å². The molecule has 0 saturated heterocycles. The lowest BCUT2D eigenvalue weighted by atomic mass is 9.92. The van der Waals surface area contributed by atoms with Gasteiger partial charge in [0.1, 0.15) is 0 Å². The largest absolute Gasteiger partial charge is 0.278 e. The second-order valence-electron chi connectivity index (χ2n) is 9.67. The number of benzene rings is 5. The molecule has 0 atom stereocenters. The van der Waals surface area contributed by atoms with Gasteiger partial charge >= 0.3 is 0 Å². The van der Waals surface area contributed by atoms with Gasteiger partial charge in [-0.3, -0.25) is 4.57 Å². The molecule has 0 aliphatic heterocycles. The molecule has 7 aromatic rings. The highest BCUT2D eigenvalue weighted by Crippen LogP contribution is 2.40. The smallest absolute Gasteiger partial charge is 0.235 e. The molecule has 2 heterocycles. The number of rotatable bonds is 4. The van der Waals surface area contributed by atoms with E-state index in [1.807, 2.05) is 97.1 Å². The Morgan fingerprint density at radius 3 is 1.68 bits per heavy atom. The highest BCUT2D eigenvalue weighted by molar-refractivity contribution is 6.16. The first-order valence-electron chi connectivity index (χ1n) is 13.2. The highest BCUT2D eigenvalue weighted by atomic mass is 15.2. The average molecular weight is 524 g/mol. The van der Waals surface area contributed by atoms with Crippen molar-refractivity contribution in [2.24, 2.45) is 0 Å². The molecule has 5 heteroatoms. The molecule has 0 fully saturated rings. The van der Waals surface area contributed by atoms with Gasteiger partial charge in [-0.15, -0.1) is 0 Å². The van der Waals surface area contributed by atoms with Gasteiger partial charge in [0.15, 0.2) is 0 Å². The standard InChI is InChI=1S/C36H21N5/c37-22-26-15-9-16-27(23-38)34(26)29-18-10-20-33-35(29)28-17-7-8-19-32(28)41(33)36-39-30(24-11-3-1-4-12-24)21-31(40-36)25-13-5-2-6-14-25/h1-21H. The van der Waals surface area contributed by atoms with E-state index < -0.39 is 0 Å². The maximum absolute atomic E-state index is 9.96. The predicted molar refractivity (Wildman–Crippen MR) is 162 cm³/mol. The molecule has 0 radical (unpaired) electrons. The van der Waals surface area contributed by atoms with Crippen molar-refractivity contribution >= 4 is 21.8 Å². The zero-order chi connectivity index (χ0) is 27.8. The third-order valence-corrected chi connectivity index (χ3v) is 7.33. The molecular formula is C36H21N5. The molecule has 0 bridgehead atoms. The molecule has 0 N–H and O–H groups in total. The van der Waals surface area contributed by atoms with Crippen molar-refractivity contribution in [3.63, 3.8) is 0 Å². The van der Waals surface area contributed by atoms with E-state index in [1.54, 1.807) is 18.2 Å². The van der Waals surface area contributed by atoms with Crippen LogP contribution in [0.5, 0.6) is 0 Å². The van der Waals surface area contributed by atoms with E-state index in [0.717, 1.165) is 49.9 Å². The molecular weight excluding hydrogens is 502 g/mol. The van der Waals surface area contributed by atoms with Crippen molar-refractivity contribution in [2.45, 2.75) is 0 Å². The molecule has 0 spiro atoms. The van der Waals surface area contributed by atoms with Crippen molar-refractivity contribution < 1.29 is 0 Å². The number of nitrogens with zero attached hydrogens (tertiary/aromatic N) is 5. The topological polar surface area (TPSA) is 78.3 Å². The van der Waals surface area contributed by atoms with E-state index in [9.17, 15) is 10.5 Å². The van der Waals surface area contributed by atoms with Gasteiger partial charge in [0.25, 0.3) is 0 Å². The second-order valence-corrected chi connectivity index (χ2v) is 9.67. The summed E-state index contributed by atoms with van der Waals surface area (Å²) in [4.78, 5) is 10.2. The molecule has 190 valence electrons. The Morgan fingerprint density at radius 1 is 0.537 bits per heavy atom. The summed E-state index contributed by atoms with van der Waals surface area (Å²) in [5.74, 6) is 0.544. The normalized spacial score (nSPS) is 10.9. The molecule has 2 aromatic heterocycles. The van der Waals surface area contributed by atoms with Crippen molar-refractivity contribution in [1.82, 2.24) is 14.5 Å². The molecule has 0 aliphatic rings. The maximum Gasteiger partial charge on any atom is 0.235 e. The Labute approximate surface area is 236 Å². The van der Waals surface area contributed by atoms with E-state index in [4.69, 9.17) is 9.97 Å². The van der Waals surface area contributed by atoms with Crippen LogP contribution in [-0.4, -0.2) is 14.5 Å². The highest BCUT2D eigenvalue weighted by Gasteiger charge is 2.21. The number of aromatic nitrogens is 3.